The first-order chi connectivity index (χ1) is 5.81. The molecule has 0 N–H and O–H groups in total. The Hall–Kier alpha value is 0.850. The van der Waals surface area contributed by atoms with Crippen LogP contribution in [-0.2, 0) is 13.6 Å². The molecule has 74 valence electrons. The molecular formula is C6H15O3PS2. The maximum Gasteiger partial charge on any atom is 0.320 e. The lowest BCUT2D eigenvalue weighted by molar-refractivity contribution is 0.285. The molecule has 6 heteroatoms. The highest BCUT2D eigenvalue weighted by Crippen LogP contribution is 2.26. The second kappa shape index (κ2) is 9.93. The first-order valence-electron chi connectivity index (χ1n) is 3.76. The Balaban J connectivity index is 3.10. The van der Waals surface area contributed by atoms with Crippen molar-refractivity contribution in [3.05, 3.63) is 0 Å². The van der Waals surface area contributed by atoms with Crippen molar-refractivity contribution in [2.75, 3.05) is 23.4 Å². The van der Waals surface area contributed by atoms with Crippen LogP contribution in [0.2, 0.25) is 0 Å². The maximum atomic E-state index is 10.9. The van der Waals surface area contributed by atoms with Crippen molar-refractivity contribution in [1.82, 2.24) is 0 Å². The van der Waals surface area contributed by atoms with Crippen molar-refractivity contribution in [2.45, 2.75) is 13.8 Å². The van der Waals surface area contributed by atoms with E-state index in [9.17, 15) is 4.57 Å². The minimum atomic E-state index is -2.23. The predicted octanol–water partition coefficient (Wildman–Crippen LogP) is 2.83. The van der Waals surface area contributed by atoms with E-state index in [2.05, 4.69) is 0 Å². The van der Waals surface area contributed by atoms with E-state index in [0.717, 1.165) is 11.5 Å². The Labute approximate surface area is 82.9 Å². The van der Waals surface area contributed by atoms with Crippen LogP contribution in [0, 0.1) is 0 Å². The molecule has 0 bridgehead atoms. The molecule has 0 aliphatic carbocycles. The van der Waals surface area contributed by atoms with E-state index >= 15 is 0 Å². The Morgan fingerprint density at radius 2 is 1.50 bits per heavy atom. The Bertz CT molecular complexity index is 111. The van der Waals surface area contributed by atoms with Gasteiger partial charge in [0, 0.05) is 0 Å². The summed E-state index contributed by atoms with van der Waals surface area (Å²) in [5.41, 5.74) is 0. The van der Waals surface area contributed by atoms with Gasteiger partial charge in [0.2, 0.25) is 0 Å². The van der Waals surface area contributed by atoms with E-state index in [1.807, 2.05) is 13.8 Å². The molecule has 0 atom stereocenters. The summed E-state index contributed by atoms with van der Waals surface area (Å²) in [7, 11) is -2.23. The van der Waals surface area contributed by atoms with Gasteiger partial charge in [0.25, 0.3) is 0 Å². The van der Waals surface area contributed by atoms with Gasteiger partial charge in [-0.1, -0.05) is 13.8 Å². The van der Waals surface area contributed by atoms with Crippen LogP contribution in [0.1, 0.15) is 13.8 Å². The molecule has 0 fully saturated rings. The van der Waals surface area contributed by atoms with Gasteiger partial charge in [-0.05, 0) is 11.5 Å². The van der Waals surface area contributed by atoms with Gasteiger partial charge in [0.1, 0.15) is 11.9 Å². The Morgan fingerprint density at radius 1 is 1.08 bits per heavy atom. The molecule has 3 nitrogen and oxygen atoms in total. The van der Waals surface area contributed by atoms with Crippen molar-refractivity contribution in [1.29, 1.82) is 0 Å². The van der Waals surface area contributed by atoms with E-state index in [1.54, 1.807) is 23.5 Å². The third kappa shape index (κ3) is 8.94. The molecule has 0 unspecified atom stereocenters. The zero-order valence-electron chi connectivity index (χ0n) is 7.37. The molecule has 0 rings (SSSR count). The van der Waals surface area contributed by atoms with Crippen molar-refractivity contribution in [2.24, 2.45) is 0 Å². The van der Waals surface area contributed by atoms with Crippen molar-refractivity contribution < 1.29 is 13.6 Å². The summed E-state index contributed by atoms with van der Waals surface area (Å²) in [6.07, 6.45) is 0. The molecule has 0 aromatic rings. The smallest absolute Gasteiger partial charge is 0.300 e. The second-order valence-corrected chi connectivity index (χ2v) is 5.28. The van der Waals surface area contributed by atoms with E-state index in [4.69, 9.17) is 9.05 Å². The van der Waals surface area contributed by atoms with Crippen molar-refractivity contribution >= 4 is 31.8 Å². The highest BCUT2D eigenvalue weighted by atomic mass is 32.2. The molecule has 0 aromatic heterocycles. The van der Waals surface area contributed by atoms with Crippen molar-refractivity contribution in [3.63, 3.8) is 0 Å². The van der Waals surface area contributed by atoms with Gasteiger partial charge in [-0.3, -0.25) is 13.6 Å². The molecule has 0 saturated heterocycles. The molecule has 0 spiro atoms. The average Bonchev–Trinajstić information content (AvgIpc) is 2.06. The molecule has 0 aliphatic heterocycles. The van der Waals surface area contributed by atoms with Crippen LogP contribution < -0.4 is 0 Å². The molecule has 0 saturated carbocycles. The predicted molar refractivity (Wildman–Crippen MR) is 57.2 cm³/mol. The minimum absolute atomic E-state index is 0.463. The molecule has 12 heavy (non-hydrogen) atoms. The zero-order valence-corrected chi connectivity index (χ0v) is 10.0. The van der Waals surface area contributed by atoms with Crippen LogP contribution in [-0.4, -0.2) is 23.4 Å². The summed E-state index contributed by atoms with van der Waals surface area (Å²) in [6.45, 7) is 4.05. The largest absolute Gasteiger partial charge is 0.320 e. The maximum absolute atomic E-state index is 10.9. The molecule has 0 aliphatic rings. The number of rotatable bonds is 8. The van der Waals surface area contributed by atoms with Crippen LogP contribution in [0.25, 0.3) is 0 Å². The summed E-state index contributed by atoms with van der Waals surface area (Å²) in [6, 6.07) is 0. The fourth-order valence-corrected chi connectivity index (χ4v) is 2.24. The number of thioether (sulfide) groups is 2. The highest BCUT2D eigenvalue weighted by molar-refractivity contribution is 7.99. The van der Waals surface area contributed by atoms with Gasteiger partial charge in [-0.25, -0.2) is 0 Å². The lowest BCUT2D eigenvalue weighted by Gasteiger charge is -2.03. The molecular weight excluding hydrogens is 215 g/mol. The minimum Gasteiger partial charge on any atom is -0.300 e. The average molecular weight is 230 g/mol. The van der Waals surface area contributed by atoms with E-state index in [-0.39, 0.29) is 0 Å². The topological polar surface area (TPSA) is 35.5 Å². The van der Waals surface area contributed by atoms with Gasteiger partial charge in [0.05, 0.1) is 0 Å². The first-order valence-corrected chi connectivity index (χ1v) is 7.29. The van der Waals surface area contributed by atoms with Crippen LogP contribution in [0.4, 0.5) is 0 Å². The van der Waals surface area contributed by atoms with Crippen LogP contribution >= 0.6 is 31.8 Å². The van der Waals surface area contributed by atoms with E-state index in [1.165, 1.54) is 0 Å². The molecule has 0 radical (unpaired) electrons. The fourth-order valence-electron chi connectivity index (χ4n) is 0.388. The molecule has 0 aromatic carbocycles. The third-order valence-electron chi connectivity index (χ3n) is 0.928. The summed E-state index contributed by atoms with van der Waals surface area (Å²) < 4.78 is 20.7. The summed E-state index contributed by atoms with van der Waals surface area (Å²) in [5.74, 6) is 2.87. The SMILES string of the molecule is CCSCO[PH](=O)OCSCC. The zero-order chi connectivity index (χ0) is 9.23. The van der Waals surface area contributed by atoms with Crippen LogP contribution in [0.3, 0.4) is 0 Å². The Kier molecular flexibility index (Phi) is 10.6. The molecule has 0 amide bonds. The standard InChI is InChI=1S/C6H15O3PS2/c1-3-11-5-8-10(7)9-6-12-4-2/h10H,3-6H2,1-2H3. The normalized spacial score (nSPS) is 10.9. The van der Waals surface area contributed by atoms with Gasteiger partial charge in [-0.2, -0.15) is 0 Å². The van der Waals surface area contributed by atoms with Gasteiger partial charge in [0.15, 0.2) is 0 Å². The summed E-state index contributed by atoms with van der Waals surface area (Å²) in [5, 5.41) is 0. The summed E-state index contributed by atoms with van der Waals surface area (Å²) in [4.78, 5) is 0. The van der Waals surface area contributed by atoms with Gasteiger partial charge >= 0.3 is 8.25 Å². The molecule has 0 heterocycles. The third-order valence-corrected chi connectivity index (χ3v) is 3.49. The first kappa shape index (κ1) is 12.8. The quantitative estimate of drug-likeness (QED) is 0.364. The van der Waals surface area contributed by atoms with Gasteiger partial charge < -0.3 is 0 Å². The monoisotopic (exact) mass is 230 g/mol. The fraction of sp³-hybridized carbons (Fsp3) is 1.00. The van der Waals surface area contributed by atoms with Crippen molar-refractivity contribution in [3.8, 4) is 0 Å². The number of hydrogen-bond donors (Lipinski definition) is 0. The lowest BCUT2D eigenvalue weighted by Crippen LogP contribution is -1.85. The van der Waals surface area contributed by atoms with Crippen LogP contribution in [0.15, 0.2) is 0 Å². The van der Waals surface area contributed by atoms with E-state index < -0.39 is 8.25 Å². The van der Waals surface area contributed by atoms with Gasteiger partial charge in [-0.15, -0.1) is 23.5 Å². The van der Waals surface area contributed by atoms with Crippen LogP contribution in [0.5, 0.6) is 0 Å². The summed E-state index contributed by atoms with van der Waals surface area (Å²) >= 11 is 3.18. The van der Waals surface area contributed by atoms with E-state index in [0.29, 0.717) is 11.9 Å². The number of hydrogen-bond acceptors (Lipinski definition) is 5. The lowest BCUT2D eigenvalue weighted by atomic mass is 11.0. The highest BCUT2D eigenvalue weighted by Gasteiger charge is 1.97. The Morgan fingerprint density at radius 3 is 1.83 bits per heavy atom. The second-order valence-electron chi connectivity index (χ2n) is 1.76.